The lowest BCUT2D eigenvalue weighted by atomic mass is 9.52. The molecular formula is C25H33N3O4S. The number of hydrogen-bond donors (Lipinski definition) is 4. The van der Waals surface area contributed by atoms with Crippen LogP contribution in [0.4, 0.5) is 5.69 Å². The number of nitrogens with zero attached hydrogens (tertiary/aromatic N) is 2. The average molecular weight is 472 g/mol. The molecule has 1 aliphatic heterocycles. The summed E-state index contributed by atoms with van der Waals surface area (Å²) < 4.78 is 25.6. The highest BCUT2D eigenvalue weighted by molar-refractivity contribution is 8.23. The van der Waals surface area contributed by atoms with Crippen LogP contribution >= 0.6 is 11.0 Å². The Hall–Kier alpha value is -1.84. The van der Waals surface area contributed by atoms with Crippen LogP contribution in [0, 0.1) is 17.8 Å². The number of hydrogen-bond acceptors (Lipinski definition) is 6. The van der Waals surface area contributed by atoms with Crippen molar-refractivity contribution in [1.82, 2.24) is 9.62 Å². The SMILES string of the molecule is O=C(CN1CCCN(c2ccc3ccccc3c2)S1(O)O)NC1C2CC3CC1CC(O)(C3)C2. The summed E-state index contributed by atoms with van der Waals surface area (Å²) in [5.74, 6) is 1.10. The third kappa shape index (κ3) is 3.82. The fraction of sp³-hybridized carbons (Fsp3) is 0.560. The number of nitrogens with one attached hydrogen (secondary N) is 1. The smallest absolute Gasteiger partial charge is 0.236 e. The molecule has 5 fully saturated rings. The number of carbonyl (C=O) groups is 1. The molecule has 2 aromatic rings. The van der Waals surface area contributed by atoms with Gasteiger partial charge in [-0.25, -0.2) is 0 Å². The Morgan fingerprint density at radius 1 is 1.03 bits per heavy atom. The lowest BCUT2D eigenvalue weighted by Crippen LogP contribution is -2.62. The van der Waals surface area contributed by atoms with Crippen molar-refractivity contribution in [1.29, 1.82) is 0 Å². The van der Waals surface area contributed by atoms with Crippen LogP contribution in [0.25, 0.3) is 10.8 Å². The van der Waals surface area contributed by atoms with E-state index in [-0.39, 0.29) is 18.5 Å². The Labute approximate surface area is 196 Å². The monoisotopic (exact) mass is 471 g/mol. The molecule has 0 aromatic heterocycles. The normalized spacial score (nSPS) is 36.2. The fourth-order valence-electron chi connectivity index (χ4n) is 7.15. The second-order valence-electron chi connectivity index (χ2n) is 10.6. The lowest BCUT2D eigenvalue weighted by molar-refractivity contribution is -0.146. The molecule has 2 unspecified atom stereocenters. The van der Waals surface area contributed by atoms with Crippen molar-refractivity contribution in [3.05, 3.63) is 42.5 Å². The Morgan fingerprint density at radius 3 is 2.48 bits per heavy atom. The summed E-state index contributed by atoms with van der Waals surface area (Å²) in [4.78, 5) is 13.0. The van der Waals surface area contributed by atoms with Gasteiger partial charge >= 0.3 is 0 Å². The van der Waals surface area contributed by atoms with Gasteiger partial charge in [-0.3, -0.25) is 18.2 Å². The number of amides is 1. The fourth-order valence-corrected chi connectivity index (χ4v) is 8.87. The molecule has 4 aliphatic carbocycles. The Balaban J connectivity index is 1.16. The maximum atomic E-state index is 13.0. The number of rotatable bonds is 4. The lowest BCUT2D eigenvalue weighted by Gasteiger charge is -2.58. The molecule has 178 valence electrons. The van der Waals surface area contributed by atoms with E-state index in [1.807, 2.05) is 42.5 Å². The number of aliphatic hydroxyl groups is 1. The highest BCUT2D eigenvalue weighted by Gasteiger charge is 2.55. The largest absolute Gasteiger partial charge is 0.390 e. The van der Waals surface area contributed by atoms with E-state index in [9.17, 15) is 19.0 Å². The summed E-state index contributed by atoms with van der Waals surface area (Å²) in [5.41, 5.74) is 0.230. The molecule has 1 amide bonds. The average Bonchev–Trinajstić information content (AvgIpc) is 2.76. The molecule has 7 rings (SSSR count). The summed E-state index contributed by atoms with van der Waals surface area (Å²) in [6.45, 7) is 0.973. The van der Waals surface area contributed by atoms with Crippen LogP contribution in [-0.4, -0.2) is 55.7 Å². The molecule has 0 radical (unpaired) electrons. The van der Waals surface area contributed by atoms with Crippen LogP contribution in [0.3, 0.4) is 0 Å². The standard InChI is InChI=1S/C25H33N3O4S/c29-23(26-24-20-10-17-11-21(24)15-25(30,13-17)14-20)16-27-8-3-9-28(33(27,31)32)22-7-6-18-4-1-2-5-19(18)12-22/h1-2,4-7,12,17,20-21,24,30-32H,3,8-11,13-16H2,(H,26,29). The first-order valence-corrected chi connectivity index (χ1v) is 13.6. The van der Waals surface area contributed by atoms with Crippen LogP contribution in [0.15, 0.2) is 42.5 Å². The van der Waals surface area contributed by atoms with Gasteiger partial charge in [0.2, 0.25) is 5.91 Å². The van der Waals surface area contributed by atoms with E-state index in [4.69, 9.17) is 0 Å². The van der Waals surface area contributed by atoms with Crippen LogP contribution < -0.4 is 9.62 Å². The van der Waals surface area contributed by atoms with Gasteiger partial charge in [0, 0.05) is 19.1 Å². The van der Waals surface area contributed by atoms with Crippen molar-refractivity contribution < 1.29 is 19.0 Å². The zero-order valence-corrected chi connectivity index (χ0v) is 19.6. The van der Waals surface area contributed by atoms with Gasteiger partial charge in [0.25, 0.3) is 0 Å². The molecular weight excluding hydrogens is 438 g/mol. The number of anilines is 1. The van der Waals surface area contributed by atoms with Crippen molar-refractivity contribution in [3.63, 3.8) is 0 Å². The predicted octanol–water partition coefficient (Wildman–Crippen LogP) is 3.99. The van der Waals surface area contributed by atoms with Gasteiger partial charge in [0.1, 0.15) is 0 Å². The molecule has 2 atom stereocenters. The second-order valence-corrected chi connectivity index (χ2v) is 12.6. The van der Waals surface area contributed by atoms with Crippen LogP contribution in [0.1, 0.15) is 38.5 Å². The van der Waals surface area contributed by atoms with Crippen LogP contribution in [0.5, 0.6) is 0 Å². The number of carbonyl (C=O) groups excluding carboxylic acids is 1. The van der Waals surface area contributed by atoms with Gasteiger partial charge in [0.15, 0.2) is 0 Å². The summed E-state index contributed by atoms with van der Waals surface area (Å²) in [5, 5.41) is 16.2. The second kappa shape index (κ2) is 7.85. The molecule has 8 heteroatoms. The van der Waals surface area contributed by atoms with E-state index in [0.717, 1.165) is 55.0 Å². The zero-order chi connectivity index (χ0) is 22.8. The summed E-state index contributed by atoms with van der Waals surface area (Å²) in [7, 11) is -3.29. The van der Waals surface area contributed by atoms with Gasteiger partial charge in [-0.15, -0.1) is 0 Å². The first-order chi connectivity index (χ1) is 15.8. The molecule has 4 N–H and O–H groups in total. The number of fused-ring (bicyclic) bond motifs is 1. The minimum Gasteiger partial charge on any atom is -0.390 e. The van der Waals surface area contributed by atoms with E-state index in [1.54, 1.807) is 4.31 Å². The molecule has 5 aliphatic rings. The van der Waals surface area contributed by atoms with Crippen molar-refractivity contribution in [2.75, 3.05) is 23.9 Å². The van der Waals surface area contributed by atoms with Crippen LogP contribution in [-0.2, 0) is 4.79 Å². The minimum absolute atomic E-state index is 0.0317. The summed E-state index contributed by atoms with van der Waals surface area (Å²) >= 11 is 0. The third-order valence-corrected chi connectivity index (χ3v) is 10.3. The maximum absolute atomic E-state index is 13.0. The van der Waals surface area contributed by atoms with E-state index in [2.05, 4.69) is 5.32 Å². The Morgan fingerprint density at radius 2 is 1.76 bits per heavy atom. The van der Waals surface area contributed by atoms with Gasteiger partial charge in [-0.1, -0.05) is 41.3 Å². The first kappa shape index (κ1) is 21.7. The predicted molar refractivity (Wildman–Crippen MR) is 131 cm³/mol. The van der Waals surface area contributed by atoms with E-state index < -0.39 is 16.6 Å². The molecule has 7 nitrogen and oxygen atoms in total. The van der Waals surface area contributed by atoms with Crippen molar-refractivity contribution in [2.45, 2.75) is 50.2 Å². The van der Waals surface area contributed by atoms with E-state index in [0.29, 0.717) is 30.8 Å². The van der Waals surface area contributed by atoms with Gasteiger partial charge in [-0.2, -0.15) is 4.31 Å². The number of benzene rings is 2. The highest BCUT2D eigenvalue weighted by atomic mass is 32.3. The van der Waals surface area contributed by atoms with Crippen molar-refractivity contribution in [3.8, 4) is 0 Å². The highest BCUT2D eigenvalue weighted by Crippen LogP contribution is 2.56. The minimum atomic E-state index is -3.29. The molecule has 0 spiro atoms. The zero-order valence-electron chi connectivity index (χ0n) is 18.8. The quantitative estimate of drug-likeness (QED) is 0.539. The molecule has 1 saturated heterocycles. The molecule has 4 bridgehead atoms. The van der Waals surface area contributed by atoms with Crippen molar-refractivity contribution >= 4 is 33.3 Å². The third-order valence-electron chi connectivity index (χ3n) is 8.32. The first-order valence-electron chi connectivity index (χ1n) is 12.1. The Bertz CT molecular complexity index is 1060. The maximum Gasteiger partial charge on any atom is 0.236 e. The van der Waals surface area contributed by atoms with Crippen molar-refractivity contribution in [2.24, 2.45) is 17.8 Å². The molecule has 1 heterocycles. The topological polar surface area (TPSA) is 96.3 Å². The Kier molecular flexibility index (Phi) is 5.16. The van der Waals surface area contributed by atoms with Crippen LogP contribution in [0.2, 0.25) is 0 Å². The van der Waals surface area contributed by atoms with Gasteiger partial charge < -0.3 is 10.4 Å². The van der Waals surface area contributed by atoms with Gasteiger partial charge in [0.05, 0.1) is 17.8 Å². The molecule has 2 aromatic carbocycles. The molecule has 33 heavy (non-hydrogen) atoms. The van der Waals surface area contributed by atoms with E-state index in [1.165, 1.54) is 4.31 Å². The summed E-state index contributed by atoms with van der Waals surface area (Å²) in [6.07, 6.45) is 5.38. The molecule has 4 saturated carbocycles. The summed E-state index contributed by atoms with van der Waals surface area (Å²) in [6, 6.07) is 14.0. The van der Waals surface area contributed by atoms with E-state index >= 15 is 0 Å². The van der Waals surface area contributed by atoms with Gasteiger partial charge in [-0.05, 0) is 79.2 Å².